The summed E-state index contributed by atoms with van der Waals surface area (Å²) in [5, 5.41) is 6.83. The van der Waals surface area contributed by atoms with Crippen LogP contribution in [0.2, 0.25) is 0 Å². The van der Waals surface area contributed by atoms with Crippen LogP contribution in [0.15, 0.2) is 18.2 Å². The number of hydrogen-bond donors (Lipinski definition) is 2. The summed E-state index contributed by atoms with van der Waals surface area (Å²) in [6.45, 7) is 3.31. The Morgan fingerprint density at radius 1 is 1.20 bits per heavy atom. The van der Waals surface area contributed by atoms with E-state index in [1.54, 1.807) is 0 Å². The standard InChI is InChI=1S/C11H14N2O2/c1-2-8(9-6-12-4-5-13-9)11-10(3-1)14-7-15-11/h1-3,9,12-13H,4-7H2/t9-/m1/s1. The van der Waals surface area contributed by atoms with Gasteiger partial charge in [0.25, 0.3) is 0 Å². The fourth-order valence-corrected chi connectivity index (χ4v) is 2.10. The molecule has 0 unspecified atom stereocenters. The van der Waals surface area contributed by atoms with Crippen molar-refractivity contribution >= 4 is 0 Å². The molecule has 1 atom stereocenters. The lowest BCUT2D eigenvalue weighted by atomic mass is 10.0. The maximum atomic E-state index is 5.49. The highest BCUT2D eigenvalue weighted by atomic mass is 16.7. The molecule has 4 nitrogen and oxygen atoms in total. The minimum absolute atomic E-state index is 0.329. The van der Waals surface area contributed by atoms with E-state index in [9.17, 15) is 0 Å². The molecule has 0 spiro atoms. The molecule has 2 heterocycles. The number of ether oxygens (including phenoxy) is 2. The number of nitrogens with one attached hydrogen (secondary N) is 2. The van der Waals surface area contributed by atoms with Crippen molar-refractivity contribution in [3.05, 3.63) is 23.8 Å². The molecule has 4 heteroatoms. The molecule has 0 aliphatic carbocycles. The van der Waals surface area contributed by atoms with Crippen molar-refractivity contribution in [2.24, 2.45) is 0 Å². The smallest absolute Gasteiger partial charge is 0.231 e. The third-order valence-corrected chi connectivity index (χ3v) is 2.84. The van der Waals surface area contributed by atoms with Crippen molar-refractivity contribution in [2.75, 3.05) is 26.4 Å². The van der Waals surface area contributed by atoms with E-state index < -0.39 is 0 Å². The summed E-state index contributed by atoms with van der Waals surface area (Å²) in [7, 11) is 0. The van der Waals surface area contributed by atoms with Gasteiger partial charge in [-0.3, -0.25) is 0 Å². The first-order chi connectivity index (χ1) is 7.45. The molecule has 15 heavy (non-hydrogen) atoms. The predicted molar refractivity (Wildman–Crippen MR) is 56.2 cm³/mol. The normalized spacial score (nSPS) is 24.1. The molecule has 2 N–H and O–H groups in total. The SMILES string of the molecule is c1cc2c(c([C@H]3CNCCN3)c1)OCO2. The second kappa shape index (κ2) is 3.72. The topological polar surface area (TPSA) is 42.5 Å². The first kappa shape index (κ1) is 9.00. The summed E-state index contributed by atoms with van der Waals surface area (Å²) in [4.78, 5) is 0. The Balaban J connectivity index is 1.93. The van der Waals surface area contributed by atoms with E-state index >= 15 is 0 Å². The minimum Gasteiger partial charge on any atom is -0.454 e. The van der Waals surface area contributed by atoms with Gasteiger partial charge in [0.05, 0.1) is 0 Å². The number of hydrogen-bond acceptors (Lipinski definition) is 4. The molecule has 1 aromatic carbocycles. The molecule has 80 valence electrons. The zero-order chi connectivity index (χ0) is 10.1. The number of para-hydroxylation sites is 1. The van der Waals surface area contributed by atoms with Gasteiger partial charge in [0, 0.05) is 31.2 Å². The Labute approximate surface area is 88.6 Å². The fraction of sp³-hybridized carbons (Fsp3) is 0.455. The van der Waals surface area contributed by atoms with Gasteiger partial charge in [-0.05, 0) is 6.07 Å². The van der Waals surface area contributed by atoms with Gasteiger partial charge < -0.3 is 20.1 Å². The van der Waals surface area contributed by atoms with Gasteiger partial charge in [-0.1, -0.05) is 12.1 Å². The van der Waals surface area contributed by atoms with E-state index in [0.29, 0.717) is 12.8 Å². The van der Waals surface area contributed by atoms with Crippen LogP contribution in [0.3, 0.4) is 0 Å². The van der Waals surface area contributed by atoms with Crippen LogP contribution in [0.5, 0.6) is 11.5 Å². The molecule has 0 bridgehead atoms. The molecule has 1 saturated heterocycles. The third-order valence-electron chi connectivity index (χ3n) is 2.84. The number of fused-ring (bicyclic) bond motifs is 1. The summed E-state index contributed by atoms with van der Waals surface area (Å²) in [6.07, 6.45) is 0. The molecule has 0 saturated carbocycles. The first-order valence-corrected chi connectivity index (χ1v) is 5.28. The lowest BCUT2D eigenvalue weighted by molar-refractivity contribution is 0.172. The molecule has 2 aliphatic heterocycles. The average molecular weight is 206 g/mol. The Morgan fingerprint density at radius 3 is 3.07 bits per heavy atom. The predicted octanol–water partition coefficient (Wildman–Crippen LogP) is 0.649. The van der Waals surface area contributed by atoms with Gasteiger partial charge in [-0.25, -0.2) is 0 Å². The average Bonchev–Trinajstić information content (AvgIpc) is 2.78. The van der Waals surface area contributed by atoms with Crippen LogP contribution >= 0.6 is 0 Å². The van der Waals surface area contributed by atoms with Gasteiger partial charge in [0.1, 0.15) is 0 Å². The van der Waals surface area contributed by atoms with E-state index in [1.165, 1.54) is 5.56 Å². The molecule has 3 rings (SSSR count). The highest BCUT2D eigenvalue weighted by molar-refractivity contribution is 5.49. The number of rotatable bonds is 1. The number of benzene rings is 1. The van der Waals surface area contributed by atoms with Crippen LogP contribution in [0.25, 0.3) is 0 Å². The van der Waals surface area contributed by atoms with Crippen LogP contribution in [0, 0.1) is 0 Å². The molecular formula is C11H14N2O2. The van der Waals surface area contributed by atoms with Gasteiger partial charge in [-0.15, -0.1) is 0 Å². The Bertz CT molecular complexity index is 362. The molecule has 1 fully saturated rings. The molecule has 0 aromatic heterocycles. The van der Waals surface area contributed by atoms with Gasteiger partial charge >= 0.3 is 0 Å². The zero-order valence-electron chi connectivity index (χ0n) is 8.45. The van der Waals surface area contributed by atoms with Crippen molar-refractivity contribution in [1.29, 1.82) is 0 Å². The highest BCUT2D eigenvalue weighted by Crippen LogP contribution is 2.38. The van der Waals surface area contributed by atoms with Gasteiger partial charge in [0.2, 0.25) is 6.79 Å². The van der Waals surface area contributed by atoms with Crippen molar-refractivity contribution in [3.63, 3.8) is 0 Å². The Morgan fingerprint density at radius 2 is 2.20 bits per heavy atom. The Hall–Kier alpha value is -1.26. The second-order valence-corrected chi connectivity index (χ2v) is 3.79. The van der Waals surface area contributed by atoms with Gasteiger partial charge in [0.15, 0.2) is 11.5 Å². The monoisotopic (exact) mass is 206 g/mol. The van der Waals surface area contributed by atoms with Crippen LogP contribution in [-0.2, 0) is 0 Å². The maximum absolute atomic E-state index is 5.49. The zero-order valence-corrected chi connectivity index (χ0v) is 8.45. The maximum Gasteiger partial charge on any atom is 0.231 e. The molecule has 1 aromatic rings. The summed E-state index contributed by atoms with van der Waals surface area (Å²) < 4.78 is 10.9. The summed E-state index contributed by atoms with van der Waals surface area (Å²) in [5.74, 6) is 1.76. The van der Waals surface area contributed by atoms with Crippen LogP contribution in [-0.4, -0.2) is 26.4 Å². The fourth-order valence-electron chi connectivity index (χ4n) is 2.10. The van der Waals surface area contributed by atoms with E-state index in [2.05, 4.69) is 16.7 Å². The number of piperazine rings is 1. The largest absolute Gasteiger partial charge is 0.454 e. The van der Waals surface area contributed by atoms with Crippen molar-refractivity contribution in [3.8, 4) is 11.5 Å². The molecule has 2 aliphatic rings. The Kier molecular flexibility index (Phi) is 2.23. The summed E-state index contributed by atoms with van der Waals surface area (Å²) in [5.41, 5.74) is 1.19. The van der Waals surface area contributed by atoms with E-state index in [1.807, 2.05) is 12.1 Å². The molecule has 0 radical (unpaired) electrons. The summed E-state index contributed by atoms with van der Waals surface area (Å²) in [6, 6.07) is 6.38. The van der Waals surface area contributed by atoms with E-state index in [4.69, 9.17) is 9.47 Å². The van der Waals surface area contributed by atoms with Crippen LogP contribution in [0.4, 0.5) is 0 Å². The lowest BCUT2D eigenvalue weighted by Crippen LogP contribution is -2.42. The second-order valence-electron chi connectivity index (χ2n) is 3.79. The molecule has 0 amide bonds. The van der Waals surface area contributed by atoms with Crippen LogP contribution < -0.4 is 20.1 Å². The van der Waals surface area contributed by atoms with Crippen LogP contribution in [0.1, 0.15) is 11.6 Å². The summed E-state index contributed by atoms with van der Waals surface area (Å²) >= 11 is 0. The van der Waals surface area contributed by atoms with Crippen molar-refractivity contribution < 1.29 is 9.47 Å². The minimum atomic E-state index is 0.329. The molecular weight excluding hydrogens is 192 g/mol. The highest BCUT2D eigenvalue weighted by Gasteiger charge is 2.23. The van der Waals surface area contributed by atoms with E-state index in [-0.39, 0.29) is 0 Å². The quantitative estimate of drug-likeness (QED) is 0.708. The van der Waals surface area contributed by atoms with E-state index in [0.717, 1.165) is 31.1 Å². The third kappa shape index (κ3) is 1.56. The van der Waals surface area contributed by atoms with Crippen molar-refractivity contribution in [1.82, 2.24) is 10.6 Å². The van der Waals surface area contributed by atoms with Gasteiger partial charge in [-0.2, -0.15) is 0 Å². The lowest BCUT2D eigenvalue weighted by Gasteiger charge is -2.25. The van der Waals surface area contributed by atoms with Crippen molar-refractivity contribution in [2.45, 2.75) is 6.04 Å². The first-order valence-electron chi connectivity index (χ1n) is 5.28.